The number of nitrogens with one attached hydrogen (secondary N) is 3. The van der Waals surface area contributed by atoms with E-state index in [0.717, 1.165) is 6.26 Å². The van der Waals surface area contributed by atoms with E-state index >= 15 is 0 Å². The zero-order valence-electron chi connectivity index (χ0n) is 14.5. The molecule has 0 aromatic heterocycles. The third-order valence-corrected chi connectivity index (χ3v) is 3.83. The number of benzene rings is 2. The molecule has 138 valence electrons. The number of hydrogen-bond donors (Lipinski definition) is 3. The fourth-order valence-corrected chi connectivity index (χ4v) is 2.82. The second kappa shape index (κ2) is 7.87. The van der Waals surface area contributed by atoms with Crippen LogP contribution in [0.2, 0.25) is 0 Å². The number of methoxy groups -OCH3 is 1. The highest BCUT2D eigenvalue weighted by atomic mass is 32.2. The van der Waals surface area contributed by atoms with Crippen LogP contribution in [0.15, 0.2) is 42.5 Å². The Morgan fingerprint density at radius 2 is 1.69 bits per heavy atom. The minimum Gasteiger partial charge on any atom is -0.495 e. The summed E-state index contributed by atoms with van der Waals surface area (Å²) in [4.78, 5) is 23.8. The van der Waals surface area contributed by atoms with Crippen LogP contribution in [-0.2, 0) is 14.8 Å². The third-order valence-electron chi connectivity index (χ3n) is 3.24. The number of para-hydroxylation sites is 1. The fraction of sp³-hybridized carbons (Fsp3) is 0.176. The SMILES string of the molecule is COc1ccc(NC(=O)c2ccccc2NS(C)(=O)=O)cc1NC(C)=O. The first kappa shape index (κ1) is 19.3. The molecule has 2 aromatic carbocycles. The molecule has 0 aliphatic heterocycles. The summed E-state index contributed by atoms with van der Waals surface area (Å²) in [6.45, 7) is 1.36. The zero-order chi connectivity index (χ0) is 19.3. The number of rotatable bonds is 6. The molecule has 0 heterocycles. The van der Waals surface area contributed by atoms with Crippen molar-refractivity contribution in [3.63, 3.8) is 0 Å². The second-order valence-electron chi connectivity index (χ2n) is 5.47. The maximum absolute atomic E-state index is 12.5. The summed E-state index contributed by atoms with van der Waals surface area (Å²) < 4.78 is 30.4. The molecule has 0 fully saturated rings. The van der Waals surface area contributed by atoms with Crippen LogP contribution in [0.25, 0.3) is 0 Å². The first-order chi connectivity index (χ1) is 12.2. The van der Waals surface area contributed by atoms with Crippen molar-refractivity contribution in [1.29, 1.82) is 0 Å². The van der Waals surface area contributed by atoms with Crippen molar-refractivity contribution in [3.05, 3.63) is 48.0 Å². The summed E-state index contributed by atoms with van der Waals surface area (Å²) in [7, 11) is -2.06. The Bertz CT molecular complexity index is 941. The summed E-state index contributed by atoms with van der Waals surface area (Å²) in [6.07, 6.45) is 1.00. The highest BCUT2D eigenvalue weighted by Crippen LogP contribution is 2.28. The Balaban J connectivity index is 2.29. The van der Waals surface area contributed by atoms with Gasteiger partial charge in [0, 0.05) is 12.6 Å². The standard InChI is InChI=1S/C17H19N3O5S/c1-11(21)18-15-10-12(8-9-16(15)25-2)19-17(22)13-6-4-5-7-14(13)20-26(3,23)24/h4-10,20H,1-3H3,(H,18,21)(H,19,22). The highest BCUT2D eigenvalue weighted by molar-refractivity contribution is 7.92. The van der Waals surface area contributed by atoms with Gasteiger partial charge in [-0.15, -0.1) is 0 Å². The van der Waals surface area contributed by atoms with Crippen molar-refractivity contribution in [1.82, 2.24) is 0 Å². The third kappa shape index (κ3) is 5.21. The Morgan fingerprint density at radius 3 is 2.31 bits per heavy atom. The van der Waals surface area contributed by atoms with Gasteiger partial charge < -0.3 is 15.4 Å². The van der Waals surface area contributed by atoms with Crippen LogP contribution < -0.4 is 20.1 Å². The topological polar surface area (TPSA) is 114 Å². The lowest BCUT2D eigenvalue weighted by atomic mass is 10.1. The molecular weight excluding hydrogens is 358 g/mol. The van der Waals surface area contributed by atoms with Crippen LogP contribution in [0.1, 0.15) is 17.3 Å². The van der Waals surface area contributed by atoms with Gasteiger partial charge in [0.2, 0.25) is 15.9 Å². The molecule has 0 bridgehead atoms. The first-order valence-electron chi connectivity index (χ1n) is 7.53. The van der Waals surface area contributed by atoms with Crippen LogP contribution in [0.4, 0.5) is 17.1 Å². The molecule has 26 heavy (non-hydrogen) atoms. The average Bonchev–Trinajstić information content (AvgIpc) is 2.53. The largest absolute Gasteiger partial charge is 0.495 e. The Hall–Kier alpha value is -3.07. The Labute approximate surface area is 151 Å². The molecule has 0 atom stereocenters. The molecule has 2 aromatic rings. The van der Waals surface area contributed by atoms with Gasteiger partial charge in [-0.1, -0.05) is 12.1 Å². The molecule has 0 saturated heterocycles. The molecule has 0 spiro atoms. The Kier molecular flexibility index (Phi) is 5.83. The molecule has 0 saturated carbocycles. The molecule has 3 N–H and O–H groups in total. The van der Waals surface area contributed by atoms with Gasteiger partial charge in [-0.25, -0.2) is 8.42 Å². The van der Waals surface area contributed by atoms with E-state index < -0.39 is 15.9 Å². The second-order valence-corrected chi connectivity index (χ2v) is 7.22. The predicted molar refractivity (Wildman–Crippen MR) is 100 cm³/mol. The van der Waals surface area contributed by atoms with Gasteiger partial charge in [0.15, 0.2) is 0 Å². The van der Waals surface area contributed by atoms with E-state index in [-0.39, 0.29) is 17.2 Å². The van der Waals surface area contributed by atoms with Gasteiger partial charge in [0.1, 0.15) is 5.75 Å². The number of ether oxygens (including phenoxy) is 1. The Morgan fingerprint density at radius 1 is 1.00 bits per heavy atom. The number of carbonyl (C=O) groups excluding carboxylic acids is 2. The maximum atomic E-state index is 12.5. The highest BCUT2D eigenvalue weighted by Gasteiger charge is 2.15. The number of carbonyl (C=O) groups is 2. The van der Waals surface area contributed by atoms with E-state index in [0.29, 0.717) is 17.1 Å². The lowest BCUT2D eigenvalue weighted by molar-refractivity contribution is -0.114. The molecule has 2 amide bonds. The van der Waals surface area contributed by atoms with Gasteiger partial charge in [-0.05, 0) is 30.3 Å². The fourth-order valence-electron chi connectivity index (χ4n) is 2.24. The van der Waals surface area contributed by atoms with Crippen LogP contribution >= 0.6 is 0 Å². The number of hydrogen-bond acceptors (Lipinski definition) is 5. The minimum absolute atomic E-state index is 0.162. The molecule has 9 heteroatoms. The van der Waals surface area contributed by atoms with Crippen LogP contribution in [0.5, 0.6) is 5.75 Å². The van der Waals surface area contributed by atoms with Crippen LogP contribution in [0.3, 0.4) is 0 Å². The summed E-state index contributed by atoms with van der Waals surface area (Å²) in [5, 5.41) is 5.28. The molecule has 0 radical (unpaired) electrons. The van der Waals surface area contributed by atoms with E-state index in [2.05, 4.69) is 15.4 Å². The van der Waals surface area contributed by atoms with E-state index in [4.69, 9.17) is 4.74 Å². The van der Waals surface area contributed by atoms with Gasteiger partial charge >= 0.3 is 0 Å². The number of anilines is 3. The molecular formula is C17H19N3O5S. The van der Waals surface area contributed by atoms with Crippen molar-refractivity contribution in [3.8, 4) is 5.75 Å². The van der Waals surface area contributed by atoms with Gasteiger partial charge in [0.25, 0.3) is 5.91 Å². The van der Waals surface area contributed by atoms with E-state index in [9.17, 15) is 18.0 Å². The van der Waals surface area contributed by atoms with Crippen LogP contribution in [-0.4, -0.2) is 33.6 Å². The average molecular weight is 377 g/mol. The van der Waals surface area contributed by atoms with Crippen molar-refractivity contribution < 1.29 is 22.7 Å². The first-order valence-corrected chi connectivity index (χ1v) is 9.42. The van der Waals surface area contributed by atoms with Gasteiger partial charge in [-0.3, -0.25) is 14.3 Å². The minimum atomic E-state index is -3.53. The van der Waals surface area contributed by atoms with E-state index in [1.54, 1.807) is 30.3 Å². The van der Waals surface area contributed by atoms with Crippen molar-refractivity contribution in [2.24, 2.45) is 0 Å². The number of amides is 2. The summed E-state index contributed by atoms with van der Waals surface area (Å²) in [5.74, 6) is -0.345. The zero-order valence-corrected chi connectivity index (χ0v) is 15.3. The van der Waals surface area contributed by atoms with E-state index in [1.165, 1.54) is 26.2 Å². The van der Waals surface area contributed by atoms with Gasteiger partial charge in [-0.2, -0.15) is 0 Å². The van der Waals surface area contributed by atoms with Crippen molar-refractivity contribution in [2.75, 3.05) is 28.7 Å². The van der Waals surface area contributed by atoms with Gasteiger partial charge in [0.05, 0.1) is 30.3 Å². The summed E-state index contributed by atoms with van der Waals surface area (Å²) in [6, 6.07) is 11.0. The molecule has 2 rings (SSSR count). The normalized spacial score (nSPS) is 10.7. The molecule has 0 aliphatic rings. The van der Waals surface area contributed by atoms with Crippen molar-refractivity contribution >= 4 is 38.9 Å². The monoisotopic (exact) mass is 377 g/mol. The lowest BCUT2D eigenvalue weighted by Gasteiger charge is -2.13. The number of sulfonamides is 1. The molecule has 8 nitrogen and oxygen atoms in total. The molecule has 0 aliphatic carbocycles. The van der Waals surface area contributed by atoms with Crippen LogP contribution in [0, 0.1) is 0 Å². The maximum Gasteiger partial charge on any atom is 0.257 e. The lowest BCUT2D eigenvalue weighted by Crippen LogP contribution is -2.17. The van der Waals surface area contributed by atoms with Crippen molar-refractivity contribution in [2.45, 2.75) is 6.92 Å². The smallest absolute Gasteiger partial charge is 0.257 e. The summed E-state index contributed by atoms with van der Waals surface area (Å²) >= 11 is 0. The predicted octanol–water partition coefficient (Wildman–Crippen LogP) is 2.28. The molecule has 0 unspecified atom stereocenters. The summed E-state index contributed by atoms with van der Waals surface area (Å²) in [5.41, 5.74) is 1.15. The quantitative estimate of drug-likeness (QED) is 0.715. The van der Waals surface area contributed by atoms with E-state index in [1.807, 2.05) is 0 Å².